The molecule has 0 saturated heterocycles. The van der Waals surface area contributed by atoms with Gasteiger partial charge in [0.05, 0.1) is 11.3 Å². The van der Waals surface area contributed by atoms with Gasteiger partial charge < -0.3 is 14.8 Å². The van der Waals surface area contributed by atoms with Crippen molar-refractivity contribution in [2.75, 3.05) is 26.0 Å². The Hall–Kier alpha value is -2.26. The first-order valence-electron chi connectivity index (χ1n) is 7.10. The Morgan fingerprint density at radius 2 is 1.83 bits per heavy atom. The lowest BCUT2D eigenvalue weighted by Gasteiger charge is -2.12. The molecule has 0 atom stereocenters. The van der Waals surface area contributed by atoms with Gasteiger partial charge in [-0.2, -0.15) is 0 Å². The first-order chi connectivity index (χ1) is 11.1. The molecule has 0 heterocycles. The molecule has 0 aromatic heterocycles. The molecule has 0 fully saturated rings. The highest BCUT2D eigenvalue weighted by atomic mass is 32.2. The van der Waals surface area contributed by atoms with Crippen LogP contribution in [0.15, 0.2) is 29.2 Å². The molecule has 0 saturated carbocycles. The Morgan fingerprint density at radius 1 is 1.17 bits per heavy atom. The number of ketones is 1. The van der Waals surface area contributed by atoms with Crippen LogP contribution in [-0.2, 0) is 29.1 Å². The van der Waals surface area contributed by atoms with Gasteiger partial charge in [0.2, 0.25) is 10.0 Å². The normalized spacial score (nSPS) is 11.2. The molecule has 24 heavy (non-hydrogen) atoms. The summed E-state index contributed by atoms with van der Waals surface area (Å²) < 4.78 is 29.8. The first kappa shape index (κ1) is 19.8. The fourth-order valence-electron chi connectivity index (χ4n) is 1.64. The minimum absolute atomic E-state index is 0.0313. The monoisotopic (exact) mass is 356 g/mol. The largest absolute Gasteiger partial charge is 0.456 e. The summed E-state index contributed by atoms with van der Waals surface area (Å²) in [7, 11) is -0.804. The molecular formula is C15H20N2O6S. The van der Waals surface area contributed by atoms with Gasteiger partial charge in [-0.25, -0.2) is 12.7 Å². The number of carbonyl (C=O) groups excluding carboxylic acids is 3. The number of nitrogens with one attached hydrogen (secondary N) is 1. The van der Waals surface area contributed by atoms with Gasteiger partial charge in [0.15, 0.2) is 6.61 Å². The van der Waals surface area contributed by atoms with E-state index in [1.807, 2.05) is 0 Å². The molecule has 132 valence electrons. The van der Waals surface area contributed by atoms with Crippen LogP contribution in [0.2, 0.25) is 0 Å². The van der Waals surface area contributed by atoms with Crippen LogP contribution in [0, 0.1) is 0 Å². The predicted molar refractivity (Wildman–Crippen MR) is 86.8 cm³/mol. The Labute approximate surface area is 140 Å². The average molecular weight is 356 g/mol. The number of nitrogens with zero attached hydrogens (tertiary/aromatic N) is 1. The van der Waals surface area contributed by atoms with Crippen LogP contribution >= 0.6 is 0 Å². The second-order valence-electron chi connectivity index (χ2n) is 5.23. The number of ether oxygens (including phenoxy) is 1. The van der Waals surface area contributed by atoms with Crippen molar-refractivity contribution in [2.45, 2.75) is 24.7 Å². The number of rotatable bonds is 8. The van der Waals surface area contributed by atoms with Gasteiger partial charge in [-0.1, -0.05) is 6.07 Å². The summed E-state index contributed by atoms with van der Waals surface area (Å²) in [6, 6.07) is 5.73. The van der Waals surface area contributed by atoms with Crippen molar-refractivity contribution >= 4 is 33.4 Å². The molecule has 1 rings (SSSR count). The molecule has 0 spiro atoms. The van der Waals surface area contributed by atoms with Gasteiger partial charge in [-0.15, -0.1) is 0 Å². The maximum absolute atomic E-state index is 12.0. The van der Waals surface area contributed by atoms with Crippen molar-refractivity contribution in [3.8, 4) is 0 Å². The van der Waals surface area contributed by atoms with E-state index < -0.39 is 28.5 Å². The molecule has 1 amide bonds. The molecule has 1 N–H and O–H groups in total. The third-order valence-corrected chi connectivity index (χ3v) is 4.75. The van der Waals surface area contributed by atoms with E-state index in [2.05, 4.69) is 5.32 Å². The lowest BCUT2D eigenvalue weighted by molar-refractivity contribution is -0.148. The molecule has 0 unspecified atom stereocenters. The van der Waals surface area contributed by atoms with Crippen LogP contribution in [0.25, 0.3) is 0 Å². The third kappa shape index (κ3) is 6.09. The fourth-order valence-corrected chi connectivity index (χ4v) is 2.59. The first-order valence-corrected chi connectivity index (χ1v) is 8.54. The zero-order valence-corrected chi connectivity index (χ0v) is 14.6. The van der Waals surface area contributed by atoms with Crippen molar-refractivity contribution in [3.05, 3.63) is 24.3 Å². The van der Waals surface area contributed by atoms with Crippen molar-refractivity contribution in [2.24, 2.45) is 0 Å². The van der Waals surface area contributed by atoms with Crippen LogP contribution in [0.1, 0.15) is 19.8 Å². The summed E-state index contributed by atoms with van der Waals surface area (Å²) in [5.74, 6) is -1.40. The highest BCUT2D eigenvalue weighted by Gasteiger charge is 2.17. The molecule has 9 heteroatoms. The zero-order valence-electron chi connectivity index (χ0n) is 13.7. The highest BCUT2D eigenvalue weighted by molar-refractivity contribution is 7.89. The van der Waals surface area contributed by atoms with Crippen molar-refractivity contribution in [1.29, 1.82) is 0 Å². The van der Waals surface area contributed by atoms with Crippen molar-refractivity contribution in [1.82, 2.24) is 4.31 Å². The quantitative estimate of drug-likeness (QED) is 0.690. The van der Waals surface area contributed by atoms with Crippen LogP contribution < -0.4 is 5.32 Å². The second kappa shape index (κ2) is 8.55. The van der Waals surface area contributed by atoms with E-state index in [-0.39, 0.29) is 29.2 Å². The van der Waals surface area contributed by atoms with Crippen molar-refractivity contribution in [3.63, 3.8) is 0 Å². The number of sulfonamides is 1. The van der Waals surface area contributed by atoms with E-state index in [1.165, 1.54) is 45.3 Å². The Balaban J connectivity index is 2.62. The van der Waals surface area contributed by atoms with Gasteiger partial charge in [0.25, 0.3) is 5.91 Å². The second-order valence-corrected chi connectivity index (χ2v) is 7.38. The topological polar surface area (TPSA) is 110 Å². The van der Waals surface area contributed by atoms with Crippen LogP contribution in [0.4, 0.5) is 5.69 Å². The number of amides is 1. The summed E-state index contributed by atoms with van der Waals surface area (Å²) in [5.41, 5.74) is 0.266. The smallest absolute Gasteiger partial charge is 0.306 e. The van der Waals surface area contributed by atoms with Crippen LogP contribution in [-0.4, -0.2) is 51.1 Å². The number of anilines is 1. The van der Waals surface area contributed by atoms with Crippen LogP contribution in [0.5, 0.6) is 0 Å². The lowest BCUT2D eigenvalue weighted by Crippen LogP contribution is -2.23. The highest BCUT2D eigenvalue weighted by Crippen LogP contribution is 2.17. The minimum Gasteiger partial charge on any atom is -0.456 e. The van der Waals surface area contributed by atoms with E-state index >= 15 is 0 Å². The molecule has 8 nitrogen and oxygen atoms in total. The maximum Gasteiger partial charge on any atom is 0.306 e. The number of hydrogen-bond acceptors (Lipinski definition) is 6. The zero-order chi connectivity index (χ0) is 18.3. The predicted octanol–water partition coefficient (Wildman–Crippen LogP) is 0.788. The van der Waals surface area contributed by atoms with Gasteiger partial charge in [-0.05, 0) is 25.1 Å². The van der Waals surface area contributed by atoms with E-state index in [1.54, 1.807) is 0 Å². The molecule has 0 aliphatic carbocycles. The van der Waals surface area contributed by atoms with E-state index in [4.69, 9.17) is 4.74 Å². The fraction of sp³-hybridized carbons (Fsp3) is 0.400. The standard InChI is InChI=1S/C15H20N2O6S/c1-11(18)7-8-15(20)23-10-14(19)16-12-5-4-6-13(9-12)24(21,22)17(2)3/h4-6,9H,7-8,10H2,1-3H3,(H,16,19). The van der Waals surface area contributed by atoms with Gasteiger partial charge >= 0.3 is 5.97 Å². The number of Topliss-reactive ketones (excluding diaryl/α,β-unsaturated/α-hetero) is 1. The summed E-state index contributed by atoms with van der Waals surface area (Å²) in [6.45, 7) is 0.843. The number of esters is 1. The van der Waals surface area contributed by atoms with Crippen LogP contribution in [0.3, 0.4) is 0 Å². The van der Waals surface area contributed by atoms with Gasteiger partial charge in [0, 0.05) is 26.2 Å². The summed E-state index contributed by atoms with van der Waals surface area (Å²) >= 11 is 0. The maximum atomic E-state index is 12.0. The molecular weight excluding hydrogens is 336 g/mol. The Bertz CT molecular complexity index is 727. The van der Waals surface area contributed by atoms with E-state index in [0.717, 1.165) is 4.31 Å². The van der Waals surface area contributed by atoms with E-state index in [0.29, 0.717) is 0 Å². The molecule has 0 aliphatic rings. The summed E-state index contributed by atoms with van der Waals surface area (Å²) in [4.78, 5) is 33.8. The summed E-state index contributed by atoms with van der Waals surface area (Å²) in [6.07, 6.45) is -0.0237. The van der Waals surface area contributed by atoms with Gasteiger partial charge in [0.1, 0.15) is 5.78 Å². The average Bonchev–Trinajstić information content (AvgIpc) is 2.51. The Morgan fingerprint density at radius 3 is 2.42 bits per heavy atom. The number of benzene rings is 1. The van der Waals surface area contributed by atoms with Gasteiger partial charge in [-0.3, -0.25) is 9.59 Å². The van der Waals surface area contributed by atoms with E-state index in [9.17, 15) is 22.8 Å². The number of carbonyl (C=O) groups is 3. The molecule has 1 aromatic carbocycles. The third-order valence-electron chi connectivity index (χ3n) is 2.94. The Kier molecular flexibility index (Phi) is 7.05. The molecule has 1 aromatic rings. The summed E-state index contributed by atoms with van der Waals surface area (Å²) in [5, 5.41) is 2.45. The molecule has 0 bridgehead atoms. The molecule has 0 aliphatic heterocycles. The lowest BCUT2D eigenvalue weighted by atomic mass is 10.2. The number of hydrogen-bond donors (Lipinski definition) is 1. The SMILES string of the molecule is CC(=O)CCC(=O)OCC(=O)Nc1cccc(S(=O)(=O)N(C)C)c1. The minimum atomic E-state index is -3.61. The van der Waals surface area contributed by atoms with Crippen molar-refractivity contribution < 1.29 is 27.5 Å². The molecule has 0 radical (unpaired) electrons.